The predicted molar refractivity (Wildman–Crippen MR) is 70.2 cm³/mol. The molecule has 0 saturated carbocycles. The van der Waals surface area contributed by atoms with Gasteiger partial charge in [-0.25, -0.2) is 9.67 Å². The third kappa shape index (κ3) is 1.88. The molecule has 0 saturated heterocycles. The Morgan fingerprint density at radius 1 is 1.28 bits per heavy atom. The van der Waals surface area contributed by atoms with Crippen LogP contribution in [0.3, 0.4) is 0 Å². The average molecular weight is 243 g/mol. The molecule has 0 spiro atoms. The summed E-state index contributed by atoms with van der Waals surface area (Å²) < 4.78 is 1.59. The molecule has 0 bridgehead atoms. The van der Waals surface area contributed by atoms with Crippen molar-refractivity contribution in [2.75, 3.05) is 0 Å². The standard InChI is InChI=1S/C14H17N3O/c1-10-7-8-15-13(9-10)17-14(18)11-5-3-2-4-6-12(11)16-17/h7-9,16H,2-6H2,1H3. The smallest absolute Gasteiger partial charge is 0.276 e. The summed E-state index contributed by atoms with van der Waals surface area (Å²) in [4.78, 5) is 16.6. The highest BCUT2D eigenvalue weighted by molar-refractivity contribution is 5.30. The lowest BCUT2D eigenvalue weighted by atomic mass is 10.1. The zero-order valence-corrected chi connectivity index (χ0v) is 10.6. The highest BCUT2D eigenvalue weighted by Gasteiger charge is 2.17. The molecule has 0 radical (unpaired) electrons. The maximum atomic E-state index is 12.4. The third-order valence-corrected chi connectivity index (χ3v) is 3.56. The first kappa shape index (κ1) is 11.3. The Kier molecular flexibility index (Phi) is 2.78. The van der Waals surface area contributed by atoms with Crippen LogP contribution in [0.1, 0.15) is 36.1 Å². The monoisotopic (exact) mass is 243 g/mol. The fourth-order valence-electron chi connectivity index (χ4n) is 2.57. The molecule has 94 valence electrons. The van der Waals surface area contributed by atoms with Crippen molar-refractivity contribution in [3.8, 4) is 5.82 Å². The maximum absolute atomic E-state index is 12.4. The van der Waals surface area contributed by atoms with Gasteiger partial charge in [-0.1, -0.05) is 6.42 Å². The van der Waals surface area contributed by atoms with Crippen molar-refractivity contribution >= 4 is 0 Å². The van der Waals surface area contributed by atoms with E-state index in [4.69, 9.17) is 0 Å². The molecular formula is C14H17N3O. The van der Waals surface area contributed by atoms with Gasteiger partial charge in [0, 0.05) is 17.5 Å². The molecule has 2 aromatic rings. The largest absolute Gasteiger partial charge is 0.293 e. The van der Waals surface area contributed by atoms with E-state index in [0.29, 0.717) is 5.82 Å². The molecule has 2 aromatic heterocycles. The van der Waals surface area contributed by atoms with Crippen LogP contribution in [-0.4, -0.2) is 14.8 Å². The second-order valence-corrected chi connectivity index (χ2v) is 4.96. The molecule has 0 aliphatic heterocycles. The number of hydrogen-bond acceptors (Lipinski definition) is 2. The van der Waals surface area contributed by atoms with Gasteiger partial charge in [-0.15, -0.1) is 0 Å². The summed E-state index contributed by atoms with van der Waals surface area (Å²) in [6.07, 6.45) is 7.09. The fourth-order valence-corrected chi connectivity index (χ4v) is 2.57. The second-order valence-electron chi connectivity index (χ2n) is 4.96. The van der Waals surface area contributed by atoms with E-state index in [2.05, 4.69) is 10.1 Å². The highest BCUT2D eigenvalue weighted by atomic mass is 16.1. The van der Waals surface area contributed by atoms with Crippen LogP contribution in [0.4, 0.5) is 0 Å². The molecule has 0 amide bonds. The first-order chi connectivity index (χ1) is 8.75. The number of nitrogens with one attached hydrogen (secondary N) is 1. The summed E-state index contributed by atoms with van der Waals surface area (Å²) in [6, 6.07) is 3.86. The van der Waals surface area contributed by atoms with Crippen molar-refractivity contribution in [3.63, 3.8) is 0 Å². The summed E-state index contributed by atoms with van der Waals surface area (Å²) >= 11 is 0. The third-order valence-electron chi connectivity index (χ3n) is 3.56. The molecule has 0 atom stereocenters. The summed E-state index contributed by atoms with van der Waals surface area (Å²) in [5.41, 5.74) is 3.23. The number of aryl methyl sites for hydroxylation is 2. The van der Waals surface area contributed by atoms with Crippen LogP contribution in [0, 0.1) is 6.92 Å². The van der Waals surface area contributed by atoms with Gasteiger partial charge < -0.3 is 0 Å². The molecular weight excluding hydrogens is 226 g/mol. The van der Waals surface area contributed by atoms with Crippen LogP contribution in [0.2, 0.25) is 0 Å². The molecule has 1 N–H and O–H groups in total. The van der Waals surface area contributed by atoms with Gasteiger partial charge in [-0.2, -0.15) is 0 Å². The molecule has 1 aliphatic rings. The SMILES string of the molecule is Cc1ccnc(-n2[nH]c3c(c2=O)CCCCC3)c1. The number of hydrogen-bond donors (Lipinski definition) is 1. The van der Waals surface area contributed by atoms with Crippen LogP contribution in [0.15, 0.2) is 23.1 Å². The van der Waals surface area contributed by atoms with Crippen LogP contribution in [0.5, 0.6) is 0 Å². The zero-order chi connectivity index (χ0) is 12.5. The molecule has 3 rings (SSSR count). The number of aromatic nitrogens is 3. The lowest BCUT2D eigenvalue weighted by Crippen LogP contribution is -2.18. The Morgan fingerprint density at radius 3 is 2.94 bits per heavy atom. The summed E-state index contributed by atoms with van der Waals surface area (Å²) in [7, 11) is 0. The Balaban J connectivity index is 2.11. The average Bonchev–Trinajstić information content (AvgIpc) is 2.55. The topological polar surface area (TPSA) is 50.7 Å². The molecule has 0 aromatic carbocycles. The maximum Gasteiger partial charge on any atom is 0.276 e. The van der Waals surface area contributed by atoms with Crippen molar-refractivity contribution in [3.05, 3.63) is 45.5 Å². The van der Waals surface area contributed by atoms with Crippen molar-refractivity contribution in [2.45, 2.75) is 39.0 Å². The molecule has 4 heteroatoms. The number of nitrogens with zero attached hydrogens (tertiary/aromatic N) is 2. The number of H-pyrrole nitrogens is 1. The minimum Gasteiger partial charge on any atom is -0.293 e. The predicted octanol–water partition coefficient (Wildman–Crippen LogP) is 2.14. The minimum absolute atomic E-state index is 0.0741. The second kappa shape index (κ2) is 4.44. The van der Waals surface area contributed by atoms with Gasteiger partial charge in [-0.05, 0) is 50.3 Å². The van der Waals surface area contributed by atoms with Crippen LogP contribution >= 0.6 is 0 Å². The van der Waals surface area contributed by atoms with E-state index >= 15 is 0 Å². The number of aromatic amines is 1. The molecule has 4 nitrogen and oxygen atoms in total. The minimum atomic E-state index is 0.0741. The van der Waals surface area contributed by atoms with E-state index in [9.17, 15) is 4.79 Å². The first-order valence-electron chi connectivity index (χ1n) is 6.51. The molecule has 18 heavy (non-hydrogen) atoms. The van der Waals surface area contributed by atoms with E-state index in [-0.39, 0.29) is 5.56 Å². The van der Waals surface area contributed by atoms with Crippen molar-refractivity contribution in [1.29, 1.82) is 0 Å². The van der Waals surface area contributed by atoms with Gasteiger partial charge in [0.05, 0.1) is 0 Å². The lowest BCUT2D eigenvalue weighted by molar-refractivity contribution is 0.687. The number of pyridine rings is 1. The number of fused-ring (bicyclic) bond motifs is 1. The summed E-state index contributed by atoms with van der Waals surface area (Å²) in [5.74, 6) is 0.688. The van der Waals surface area contributed by atoms with E-state index in [0.717, 1.165) is 42.5 Å². The highest BCUT2D eigenvalue weighted by Crippen LogP contribution is 2.17. The van der Waals surface area contributed by atoms with Gasteiger partial charge in [0.15, 0.2) is 5.82 Å². The zero-order valence-electron chi connectivity index (χ0n) is 10.6. The quantitative estimate of drug-likeness (QED) is 0.780. The summed E-state index contributed by atoms with van der Waals surface area (Å²) in [6.45, 7) is 2.00. The first-order valence-corrected chi connectivity index (χ1v) is 6.51. The van der Waals surface area contributed by atoms with Gasteiger partial charge in [0.2, 0.25) is 0 Å². The van der Waals surface area contributed by atoms with Gasteiger partial charge in [0.25, 0.3) is 5.56 Å². The Bertz CT molecular complexity index is 624. The Labute approximate surface area is 106 Å². The van der Waals surface area contributed by atoms with Crippen molar-refractivity contribution in [1.82, 2.24) is 14.8 Å². The van der Waals surface area contributed by atoms with Crippen LogP contribution < -0.4 is 5.56 Å². The number of rotatable bonds is 1. The van der Waals surface area contributed by atoms with Gasteiger partial charge in [-0.3, -0.25) is 9.89 Å². The molecule has 1 aliphatic carbocycles. The Hall–Kier alpha value is -1.84. The Morgan fingerprint density at radius 2 is 2.11 bits per heavy atom. The molecule has 0 unspecified atom stereocenters. The normalized spacial score (nSPS) is 15.2. The van der Waals surface area contributed by atoms with Crippen molar-refractivity contribution in [2.24, 2.45) is 0 Å². The summed E-state index contributed by atoms with van der Waals surface area (Å²) in [5, 5.41) is 3.23. The van der Waals surface area contributed by atoms with E-state index in [1.807, 2.05) is 19.1 Å². The van der Waals surface area contributed by atoms with Gasteiger partial charge in [0.1, 0.15) is 0 Å². The van der Waals surface area contributed by atoms with E-state index in [1.54, 1.807) is 10.9 Å². The van der Waals surface area contributed by atoms with Crippen LogP contribution in [-0.2, 0) is 12.8 Å². The van der Waals surface area contributed by atoms with Crippen molar-refractivity contribution < 1.29 is 0 Å². The van der Waals surface area contributed by atoms with Crippen LogP contribution in [0.25, 0.3) is 5.82 Å². The van der Waals surface area contributed by atoms with E-state index in [1.165, 1.54) is 6.42 Å². The van der Waals surface area contributed by atoms with E-state index < -0.39 is 0 Å². The molecule has 2 heterocycles. The molecule has 0 fully saturated rings. The van der Waals surface area contributed by atoms with Gasteiger partial charge >= 0.3 is 0 Å². The lowest BCUT2D eigenvalue weighted by Gasteiger charge is -2.02. The fraction of sp³-hybridized carbons (Fsp3) is 0.429.